The minimum absolute atomic E-state index is 0.569. The van der Waals surface area contributed by atoms with E-state index in [1.807, 2.05) is 25.3 Å². The number of imidazole rings is 1. The Morgan fingerprint density at radius 1 is 1.35 bits per heavy atom. The van der Waals surface area contributed by atoms with Gasteiger partial charge in [-0.1, -0.05) is 24.4 Å². The van der Waals surface area contributed by atoms with Crippen molar-refractivity contribution in [3.63, 3.8) is 0 Å². The van der Waals surface area contributed by atoms with Gasteiger partial charge >= 0.3 is 0 Å². The van der Waals surface area contributed by atoms with E-state index >= 15 is 0 Å². The number of anilines is 2. The third kappa shape index (κ3) is 2.72. The van der Waals surface area contributed by atoms with E-state index in [1.54, 1.807) is 0 Å². The second-order valence-electron chi connectivity index (χ2n) is 5.30. The fourth-order valence-corrected chi connectivity index (χ4v) is 3.47. The molecule has 0 aliphatic heterocycles. The topological polar surface area (TPSA) is 29.9 Å². The Balaban J connectivity index is 1.88. The second-order valence-corrected chi connectivity index (χ2v) is 6.56. The molecule has 1 N–H and O–H groups in total. The molecule has 1 saturated carbocycles. The van der Waals surface area contributed by atoms with E-state index in [4.69, 9.17) is 11.6 Å². The first-order valence-corrected chi connectivity index (χ1v) is 8.08. The molecule has 0 saturated heterocycles. The number of nitrogens with zero attached hydrogens (tertiary/aromatic N) is 2. The molecular weight excluding hydrogens is 338 g/mol. The van der Waals surface area contributed by atoms with Crippen LogP contribution in [0.15, 0.2) is 29.0 Å². The lowest BCUT2D eigenvalue weighted by atomic mass is 10.2. The van der Waals surface area contributed by atoms with Crippen LogP contribution in [0.5, 0.6) is 0 Å². The number of benzene rings is 1. The maximum absolute atomic E-state index is 6.20. The molecule has 0 spiro atoms. The number of hydrogen-bond donors (Lipinski definition) is 1. The number of rotatable bonds is 3. The van der Waals surface area contributed by atoms with Gasteiger partial charge in [-0.3, -0.25) is 0 Å². The number of aryl methyl sites for hydroxylation is 1. The Labute approximate surface area is 132 Å². The van der Waals surface area contributed by atoms with Crippen molar-refractivity contribution in [1.82, 2.24) is 9.55 Å². The predicted molar refractivity (Wildman–Crippen MR) is 86.9 cm³/mol. The van der Waals surface area contributed by atoms with E-state index < -0.39 is 0 Å². The quantitative estimate of drug-likeness (QED) is 0.792. The molecule has 0 unspecified atom stereocenters. The minimum atomic E-state index is 0.569. The molecule has 1 fully saturated rings. The lowest BCUT2D eigenvalue weighted by molar-refractivity contribution is 0.525. The van der Waals surface area contributed by atoms with Gasteiger partial charge in [-0.05, 0) is 53.4 Å². The van der Waals surface area contributed by atoms with Gasteiger partial charge in [-0.15, -0.1) is 0 Å². The fraction of sp³-hybridized carbons (Fsp3) is 0.400. The van der Waals surface area contributed by atoms with E-state index in [0.29, 0.717) is 6.04 Å². The summed E-state index contributed by atoms with van der Waals surface area (Å²) in [7, 11) is 0. The van der Waals surface area contributed by atoms with Gasteiger partial charge in [-0.25, -0.2) is 4.98 Å². The molecule has 1 aromatic carbocycles. The molecule has 1 aromatic heterocycles. The van der Waals surface area contributed by atoms with Gasteiger partial charge < -0.3 is 9.88 Å². The summed E-state index contributed by atoms with van der Waals surface area (Å²) in [6.45, 7) is 2.00. The highest BCUT2D eigenvalue weighted by molar-refractivity contribution is 9.10. The molecule has 0 bridgehead atoms. The second kappa shape index (κ2) is 5.78. The molecule has 20 heavy (non-hydrogen) atoms. The van der Waals surface area contributed by atoms with Crippen molar-refractivity contribution in [3.05, 3.63) is 39.6 Å². The summed E-state index contributed by atoms with van der Waals surface area (Å²) in [5.74, 6) is 0.887. The van der Waals surface area contributed by atoms with Crippen molar-refractivity contribution in [1.29, 1.82) is 0 Å². The number of aromatic nitrogens is 2. The molecule has 2 aromatic rings. The number of nitrogens with one attached hydrogen (secondary N) is 1. The zero-order valence-electron chi connectivity index (χ0n) is 11.4. The van der Waals surface area contributed by atoms with Crippen LogP contribution >= 0.6 is 27.5 Å². The molecule has 1 aliphatic carbocycles. The van der Waals surface area contributed by atoms with Gasteiger partial charge in [0.25, 0.3) is 0 Å². The predicted octanol–water partition coefficient (Wildman–Crippen LogP) is 5.47. The van der Waals surface area contributed by atoms with Crippen LogP contribution in [0.3, 0.4) is 0 Å². The van der Waals surface area contributed by atoms with Crippen LogP contribution in [0, 0.1) is 6.92 Å². The van der Waals surface area contributed by atoms with E-state index in [0.717, 1.165) is 26.7 Å². The Morgan fingerprint density at radius 3 is 2.85 bits per heavy atom. The average molecular weight is 355 g/mol. The third-order valence-electron chi connectivity index (χ3n) is 3.88. The standard InChI is InChI=1S/C15H17BrClN3/c1-10-8-12(16)14(9-13(10)17)19-15-18-6-7-20(15)11-4-2-3-5-11/h6-9,11H,2-5H2,1H3,(H,18,19). The first kappa shape index (κ1) is 14.0. The molecule has 0 radical (unpaired) electrons. The summed E-state index contributed by atoms with van der Waals surface area (Å²) >= 11 is 9.78. The molecule has 3 rings (SSSR count). The molecule has 3 nitrogen and oxygen atoms in total. The van der Waals surface area contributed by atoms with Crippen LogP contribution in [-0.4, -0.2) is 9.55 Å². The van der Waals surface area contributed by atoms with E-state index in [1.165, 1.54) is 25.7 Å². The summed E-state index contributed by atoms with van der Waals surface area (Å²) in [4.78, 5) is 4.44. The number of halogens is 2. The zero-order valence-corrected chi connectivity index (χ0v) is 13.7. The van der Waals surface area contributed by atoms with Gasteiger partial charge in [0.05, 0.1) is 5.69 Å². The van der Waals surface area contributed by atoms with Gasteiger partial charge in [-0.2, -0.15) is 0 Å². The first-order valence-electron chi connectivity index (χ1n) is 6.90. The van der Waals surface area contributed by atoms with Gasteiger partial charge in [0.1, 0.15) is 0 Å². The highest BCUT2D eigenvalue weighted by Gasteiger charge is 2.19. The maximum Gasteiger partial charge on any atom is 0.207 e. The highest BCUT2D eigenvalue weighted by Crippen LogP contribution is 2.34. The molecular formula is C15H17BrClN3. The summed E-state index contributed by atoms with van der Waals surface area (Å²) in [6, 6.07) is 4.53. The summed E-state index contributed by atoms with van der Waals surface area (Å²) < 4.78 is 3.24. The summed E-state index contributed by atoms with van der Waals surface area (Å²) in [6.07, 6.45) is 9.00. The molecule has 5 heteroatoms. The van der Waals surface area contributed by atoms with E-state index in [9.17, 15) is 0 Å². The molecule has 1 heterocycles. The molecule has 0 amide bonds. The summed E-state index contributed by atoms with van der Waals surface area (Å²) in [5, 5.41) is 4.15. The van der Waals surface area contributed by atoms with E-state index in [-0.39, 0.29) is 0 Å². The fourth-order valence-electron chi connectivity index (χ4n) is 2.75. The third-order valence-corrected chi connectivity index (χ3v) is 4.94. The van der Waals surface area contributed by atoms with Gasteiger partial charge in [0.2, 0.25) is 5.95 Å². The minimum Gasteiger partial charge on any atom is -0.325 e. The van der Waals surface area contributed by atoms with Crippen LogP contribution in [0.2, 0.25) is 5.02 Å². The largest absolute Gasteiger partial charge is 0.325 e. The number of hydrogen-bond acceptors (Lipinski definition) is 2. The van der Waals surface area contributed by atoms with Crippen molar-refractivity contribution in [2.75, 3.05) is 5.32 Å². The SMILES string of the molecule is Cc1cc(Br)c(Nc2nccn2C2CCCC2)cc1Cl. The van der Waals surface area contributed by atoms with E-state index in [2.05, 4.69) is 37.0 Å². The molecule has 1 aliphatic rings. The van der Waals surface area contributed by atoms with Crippen molar-refractivity contribution in [3.8, 4) is 0 Å². The van der Waals surface area contributed by atoms with Crippen molar-refractivity contribution in [2.24, 2.45) is 0 Å². The van der Waals surface area contributed by atoms with Crippen molar-refractivity contribution < 1.29 is 0 Å². The summed E-state index contributed by atoms with van der Waals surface area (Å²) in [5.41, 5.74) is 2.01. The Bertz CT molecular complexity index is 618. The monoisotopic (exact) mass is 353 g/mol. The smallest absolute Gasteiger partial charge is 0.207 e. The molecule has 106 valence electrons. The zero-order chi connectivity index (χ0) is 14.1. The average Bonchev–Trinajstić information content (AvgIpc) is 3.06. The van der Waals surface area contributed by atoms with Crippen LogP contribution < -0.4 is 5.32 Å². The Hall–Kier alpha value is -1.00. The van der Waals surface area contributed by atoms with Crippen LogP contribution in [-0.2, 0) is 0 Å². The Kier molecular flexibility index (Phi) is 4.03. The highest BCUT2D eigenvalue weighted by atomic mass is 79.9. The molecule has 0 atom stereocenters. The van der Waals surface area contributed by atoms with Crippen LogP contribution in [0.4, 0.5) is 11.6 Å². The van der Waals surface area contributed by atoms with Crippen LogP contribution in [0.1, 0.15) is 37.3 Å². The van der Waals surface area contributed by atoms with Crippen LogP contribution in [0.25, 0.3) is 0 Å². The maximum atomic E-state index is 6.20. The van der Waals surface area contributed by atoms with Gasteiger partial charge in [0.15, 0.2) is 0 Å². The lowest BCUT2D eigenvalue weighted by Gasteiger charge is -2.16. The van der Waals surface area contributed by atoms with Crippen molar-refractivity contribution in [2.45, 2.75) is 38.6 Å². The normalized spacial score (nSPS) is 15.8. The van der Waals surface area contributed by atoms with Gasteiger partial charge in [0, 0.05) is 27.9 Å². The van der Waals surface area contributed by atoms with Crippen molar-refractivity contribution >= 4 is 39.2 Å². The first-order chi connectivity index (χ1) is 9.65. The Morgan fingerprint density at radius 2 is 2.10 bits per heavy atom. The lowest BCUT2D eigenvalue weighted by Crippen LogP contribution is -2.08.